The molecule has 0 saturated heterocycles. The van der Waals surface area contributed by atoms with Crippen LogP contribution in [0.15, 0.2) is 48.5 Å². The molecule has 29 heavy (non-hydrogen) atoms. The molecule has 0 radical (unpaired) electrons. The van der Waals surface area contributed by atoms with Crippen molar-refractivity contribution in [2.45, 2.75) is 13.1 Å². The van der Waals surface area contributed by atoms with Crippen LogP contribution in [0.25, 0.3) is 0 Å². The third kappa shape index (κ3) is 3.47. The van der Waals surface area contributed by atoms with Crippen LogP contribution in [-0.4, -0.2) is 37.4 Å². The lowest BCUT2D eigenvalue weighted by Gasteiger charge is -2.14. The van der Waals surface area contributed by atoms with Gasteiger partial charge in [0.1, 0.15) is 0 Å². The summed E-state index contributed by atoms with van der Waals surface area (Å²) >= 11 is 5.05. The van der Waals surface area contributed by atoms with E-state index in [-0.39, 0.29) is 30.8 Å². The van der Waals surface area contributed by atoms with Gasteiger partial charge < -0.3 is 9.88 Å². The molecule has 2 N–H and O–H groups in total. The van der Waals surface area contributed by atoms with Gasteiger partial charge in [-0.25, -0.2) is 0 Å². The van der Waals surface area contributed by atoms with Crippen molar-refractivity contribution in [3.05, 3.63) is 81.4 Å². The zero-order valence-corrected chi connectivity index (χ0v) is 16.3. The van der Waals surface area contributed by atoms with Gasteiger partial charge >= 0.3 is 0 Å². The number of H-pyrrole nitrogens is 1. The molecule has 4 rings (SSSR count). The molecule has 2 heterocycles. The van der Waals surface area contributed by atoms with Crippen molar-refractivity contribution in [1.29, 1.82) is 0 Å². The second-order valence-corrected chi connectivity index (χ2v) is 7.02. The van der Waals surface area contributed by atoms with E-state index in [1.807, 2.05) is 0 Å². The minimum absolute atomic E-state index is 0.0983. The molecule has 0 spiro atoms. The number of nitrogens with one attached hydrogen (secondary N) is 2. The van der Waals surface area contributed by atoms with Crippen molar-refractivity contribution in [1.82, 2.24) is 25.0 Å². The molecule has 1 aliphatic heterocycles. The largest absolute Gasteiger partial charge is 0.345 e. The predicted molar refractivity (Wildman–Crippen MR) is 107 cm³/mol. The smallest absolute Gasteiger partial charge is 0.261 e. The van der Waals surface area contributed by atoms with Gasteiger partial charge in [0.05, 0.1) is 24.2 Å². The highest BCUT2D eigenvalue weighted by atomic mass is 32.1. The van der Waals surface area contributed by atoms with E-state index < -0.39 is 0 Å². The molecule has 2 aromatic carbocycles. The normalized spacial score (nSPS) is 12.9. The van der Waals surface area contributed by atoms with Crippen LogP contribution in [-0.2, 0) is 20.1 Å². The Hall–Kier alpha value is -3.59. The van der Waals surface area contributed by atoms with Crippen LogP contribution in [0.3, 0.4) is 0 Å². The molecule has 0 fully saturated rings. The Morgan fingerprint density at radius 2 is 1.79 bits per heavy atom. The Kier molecular flexibility index (Phi) is 4.81. The zero-order valence-electron chi connectivity index (χ0n) is 15.5. The fourth-order valence-corrected chi connectivity index (χ4v) is 3.33. The van der Waals surface area contributed by atoms with E-state index >= 15 is 0 Å². The van der Waals surface area contributed by atoms with Crippen molar-refractivity contribution < 1.29 is 14.4 Å². The van der Waals surface area contributed by atoms with E-state index in [0.717, 1.165) is 0 Å². The standard InChI is InChI=1S/C20H17N5O3S/c1-24-16(22-23-20(24)29)10-21-17(26)13-6-4-5-12(9-13)11-25-18(27)14-7-2-3-8-15(14)19(25)28/h2-9H,10-11H2,1H3,(H,21,26)(H,23,29). The molecular weight excluding hydrogens is 390 g/mol. The molecule has 1 aromatic heterocycles. The van der Waals surface area contributed by atoms with Crippen LogP contribution in [0.5, 0.6) is 0 Å². The van der Waals surface area contributed by atoms with Crippen molar-refractivity contribution in [2.75, 3.05) is 0 Å². The van der Waals surface area contributed by atoms with Crippen molar-refractivity contribution in [2.24, 2.45) is 7.05 Å². The molecule has 146 valence electrons. The number of aromatic nitrogens is 3. The highest BCUT2D eigenvalue weighted by Crippen LogP contribution is 2.24. The summed E-state index contributed by atoms with van der Waals surface area (Å²) in [6.07, 6.45) is 0. The van der Waals surface area contributed by atoms with Crippen LogP contribution < -0.4 is 5.32 Å². The van der Waals surface area contributed by atoms with E-state index in [1.165, 1.54) is 4.90 Å². The summed E-state index contributed by atoms with van der Waals surface area (Å²) in [5.41, 5.74) is 1.92. The number of nitrogens with zero attached hydrogens (tertiary/aromatic N) is 3. The van der Waals surface area contributed by atoms with Gasteiger partial charge in [0, 0.05) is 12.6 Å². The molecule has 0 atom stereocenters. The average molecular weight is 407 g/mol. The quantitative estimate of drug-likeness (QED) is 0.499. The topological polar surface area (TPSA) is 100 Å². The monoisotopic (exact) mass is 407 g/mol. The summed E-state index contributed by atoms with van der Waals surface area (Å²) in [6.45, 7) is 0.312. The van der Waals surface area contributed by atoms with Crippen LogP contribution >= 0.6 is 12.2 Å². The Labute approximate surface area is 171 Å². The highest BCUT2D eigenvalue weighted by molar-refractivity contribution is 7.71. The van der Waals surface area contributed by atoms with Crippen LogP contribution in [0.2, 0.25) is 0 Å². The SMILES string of the molecule is Cn1c(CNC(=O)c2cccc(CN3C(=O)c4ccccc4C3=O)c2)n[nH]c1=S. The first-order valence-corrected chi connectivity index (χ1v) is 9.29. The van der Waals surface area contributed by atoms with Gasteiger partial charge in [-0.3, -0.25) is 24.4 Å². The summed E-state index contributed by atoms with van der Waals surface area (Å²) in [5, 5.41) is 9.50. The number of hydrogen-bond donors (Lipinski definition) is 2. The number of imide groups is 1. The molecule has 0 saturated carbocycles. The number of benzene rings is 2. The Morgan fingerprint density at radius 1 is 1.10 bits per heavy atom. The average Bonchev–Trinajstić information content (AvgIpc) is 3.18. The first-order chi connectivity index (χ1) is 14.0. The fourth-order valence-electron chi connectivity index (χ4n) is 3.18. The Balaban J connectivity index is 1.47. The number of hydrogen-bond acceptors (Lipinski definition) is 5. The zero-order chi connectivity index (χ0) is 20.5. The van der Waals surface area contributed by atoms with E-state index in [4.69, 9.17) is 12.2 Å². The van der Waals surface area contributed by atoms with Gasteiger partial charge in [-0.15, -0.1) is 0 Å². The van der Waals surface area contributed by atoms with Crippen LogP contribution in [0.1, 0.15) is 42.5 Å². The molecular formula is C20H17N5O3S. The lowest BCUT2D eigenvalue weighted by atomic mass is 10.1. The molecule has 8 nitrogen and oxygen atoms in total. The summed E-state index contributed by atoms with van der Waals surface area (Å²) in [7, 11) is 1.76. The maximum atomic E-state index is 12.5. The summed E-state index contributed by atoms with van der Waals surface area (Å²) < 4.78 is 2.14. The first kappa shape index (κ1) is 18.8. The third-order valence-electron chi connectivity index (χ3n) is 4.79. The number of fused-ring (bicyclic) bond motifs is 1. The molecule has 0 unspecified atom stereocenters. The van der Waals surface area contributed by atoms with E-state index in [0.29, 0.717) is 32.8 Å². The van der Waals surface area contributed by atoms with Gasteiger partial charge in [0.2, 0.25) is 0 Å². The summed E-state index contributed by atoms with van der Waals surface area (Å²) in [4.78, 5) is 38.7. The molecule has 3 aromatic rings. The van der Waals surface area contributed by atoms with Crippen molar-refractivity contribution in [3.63, 3.8) is 0 Å². The predicted octanol–water partition coefficient (Wildman–Crippen LogP) is 2.20. The first-order valence-electron chi connectivity index (χ1n) is 8.88. The Morgan fingerprint density at radius 3 is 2.41 bits per heavy atom. The maximum absolute atomic E-state index is 12.5. The number of amides is 3. The lowest BCUT2D eigenvalue weighted by Crippen LogP contribution is -2.29. The minimum Gasteiger partial charge on any atom is -0.345 e. The Bertz CT molecular complexity index is 1160. The van der Waals surface area contributed by atoms with E-state index in [1.54, 1.807) is 60.1 Å². The lowest BCUT2D eigenvalue weighted by molar-refractivity contribution is 0.0642. The van der Waals surface area contributed by atoms with Gasteiger partial charge in [-0.05, 0) is 42.0 Å². The minimum atomic E-state index is -0.328. The number of carbonyl (C=O) groups is 3. The van der Waals surface area contributed by atoms with Crippen LogP contribution in [0, 0.1) is 4.77 Å². The van der Waals surface area contributed by atoms with Gasteiger partial charge in [-0.2, -0.15) is 5.10 Å². The maximum Gasteiger partial charge on any atom is 0.261 e. The van der Waals surface area contributed by atoms with E-state index in [9.17, 15) is 14.4 Å². The molecule has 0 aliphatic carbocycles. The molecule has 1 aliphatic rings. The van der Waals surface area contributed by atoms with Gasteiger partial charge in [0.25, 0.3) is 17.7 Å². The number of aromatic amines is 1. The summed E-state index contributed by atoms with van der Waals surface area (Å²) in [5.74, 6) is -0.342. The fraction of sp³-hybridized carbons (Fsp3) is 0.150. The van der Waals surface area contributed by atoms with E-state index in [2.05, 4.69) is 15.5 Å². The van der Waals surface area contributed by atoms with Gasteiger partial charge in [-0.1, -0.05) is 24.3 Å². The van der Waals surface area contributed by atoms with Gasteiger partial charge in [0.15, 0.2) is 10.6 Å². The summed E-state index contributed by atoms with van der Waals surface area (Å²) in [6, 6.07) is 13.6. The van der Waals surface area contributed by atoms with Crippen LogP contribution in [0.4, 0.5) is 0 Å². The number of carbonyl (C=O) groups excluding carboxylic acids is 3. The molecule has 9 heteroatoms. The number of rotatable bonds is 5. The third-order valence-corrected chi connectivity index (χ3v) is 5.15. The van der Waals surface area contributed by atoms with Crippen molar-refractivity contribution in [3.8, 4) is 0 Å². The molecule has 0 bridgehead atoms. The second kappa shape index (κ2) is 7.44. The molecule has 3 amide bonds. The second-order valence-electron chi connectivity index (χ2n) is 6.63. The van der Waals surface area contributed by atoms with Crippen molar-refractivity contribution >= 4 is 29.9 Å². The highest BCUT2D eigenvalue weighted by Gasteiger charge is 2.34.